The van der Waals surface area contributed by atoms with E-state index < -0.39 is 5.97 Å². The van der Waals surface area contributed by atoms with E-state index in [9.17, 15) is 9.90 Å². The van der Waals surface area contributed by atoms with Gasteiger partial charge >= 0.3 is 5.97 Å². The molecule has 0 bridgehead atoms. The van der Waals surface area contributed by atoms with Crippen molar-refractivity contribution >= 4 is 33.2 Å². The number of nitrogens with zero attached hydrogens (tertiary/aromatic N) is 2. The van der Waals surface area contributed by atoms with Crippen LogP contribution in [0.5, 0.6) is 0 Å². The highest BCUT2D eigenvalue weighted by molar-refractivity contribution is 9.10. The topological polar surface area (TPSA) is 53.4 Å². The lowest BCUT2D eigenvalue weighted by atomic mass is 10.2. The van der Waals surface area contributed by atoms with E-state index in [2.05, 4.69) is 20.9 Å². The molecule has 0 amide bonds. The summed E-state index contributed by atoms with van der Waals surface area (Å²) >= 11 is 5.05. The fourth-order valence-electron chi connectivity index (χ4n) is 2.60. The molecule has 3 rings (SSSR count). The molecule has 4 nitrogen and oxygen atoms in total. The van der Waals surface area contributed by atoms with E-state index >= 15 is 0 Å². The number of halogens is 1. The highest BCUT2D eigenvalue weighted by Crippen LogP contribution is 2.29. The van der Waals surface area contributed by atoms with Gasteiger partial charge in [-0.25, -0.2) is 4.98 Å². The van der Waals surface area contributed by atoms with Gasteiger partial charge in [-0.3, -0.25) is 9.69 Å². The lowest BCUT2D eigenvalue weighted by Crippen LogP contribution is -2.35. The van der Waals surface area contributed by atoms with Crippen LogP contribution in [0.3, 0.4) is 0 Å². The second-order valence-electron chi connectivity index (χ2n) is 5.11. The molecule has 6 heteroatoms. The lowest BCUT2D eigenvalue weighted by Gasteiger charge is -2.19. The van der Waals surface area contributed by atoms with Gasteiger partial charge in [0, 0.05) is 27.7 Å². The number of carboxylic acid groups (broad SMARTS) is 1. The Morgan fingerprint density at radius 2 is 2.19 bits per heavy atom. The number of carboxylic acids is 1. The summed E-state index contributed by atoms with van der Waals surface area (Å²) in [6, 6.07) is 7.71. The number of hydrogen-bond donors (Lipinski definition) is 1. The Labute approximate surface area is 135 Å². The monoisotopic (exact) mass is 366 g/mol. The zero-order chi connectivity index (χ0) is 14.8. The van der Waals surface area contributed by atoms with E-state index in [1.54, 1.807) is 11.3 Å². The van der Waals surface area contributed by atoms with Crippen LogP contribution in [0.25, 0.3) is 10.6 Å². The Morgan fingerprint density at radius 1 is 1.43 bits per heavy atom. The predicted octanol–water partition coefficient (Wildman–Crippen LogP) is 3.62. The van der Waals surface area contributed by atoms with Gasteiger partial charge in [0.2, 0.25) is 0 Å². The van der Waals surface area contributed by atoms with Crippen molar-refractivity contribution in [3.05, 3.63) is 39.8 Å². The maximum absolute atomic E-state index is 11.2. The Hall–Kier alpha value is -1.24. The van der Waals surface area contributed by atoms with Crippen LogP contribution in [-0.2, 0) is 11.3 Å². The van der Waals surface area contributed by atoms with Gasteiger partial charge in [0.1, 0.15) is 11.0 Å². The smallest absolute Gasteiger partial charge is 0.320 e. The van der Waals surface area contributed by atoms with Gasteiger partial charge in [-0.05, 0) is 31.5 Å². The van der Waals surface area contributed by atoms with Gasteiger partial charge in [0.15, 0.2) is 0 Å². The molecule has 1 atom stereocenters. The molecule has 0 unspecified atom stereocenters. The molecule has 2 heterocycles. The minimum Gasteiger partial charge on any atom is -0.480 e. The normalized spacial score (nSPS) is 19.0. The molecular weight excluding hydrogens is 352 g/mol. The molecule has 110 valence electrons. The van der Waals surface area contributed by atoms with Crippen LogP contribution >= 0.6 is 27.3 Å². The Kier molecular flexibility index (Phi) is 4.37. The third-order valence-corrected chi connectivity index (χ3v) is 5.21. The van der Waals surface area contributed by atoms with Crippen molar-refractivity contribution in [2.24, 2.45) is 0 Å². The number of aromatic nitrogens is 1. The fraction of sp³-hybridized carbons (Fsp3) is 0.333. The van der Waals surface area contributed by atoms with Gasteiger partial charge in [-0.15, -0.1) is 11.3 Å². The van der Waals surface area contributed by atoms with Gasteiger partial charge in [-0.2, -0.15) is 0 Å². The first-order valence-corrected chi connectivity index (χ1v) is 8.42. The summed E-state index contributed by atoms with van der Waals surface area (Å²) in [6.07, 6.45) is 3.56. The number of thiazole rings is 1. The van der Waals surface area contributed by atoms with E-state index in [1.807, 2.05) is 35.4 Å². The van der Waals surface area contributed by atoms with Crippen molar-refractivity contribution in [1.82, 2.24) is 9.88 Å². The Bertz CT molecular complexity index is 641. The first-order chi connectivity index (χ1) is 10.1. The Morgan fingerprint density at radius 3 is 2.90 bits per heavy atom. The number of rotatable bonds is 4. The van der Waals surface area contributed by atoms with E-state index in [4.69, 9.17) is 0 Å². The molecule has 0 saturated carbocycles. The summed E-state index contributed by atoms with van der Waals surface area (Å²) < 4.78 is 1.05. The number of aliphatic carboxylic acids is 1. The van der Waals surface area contributed by atoms with E-state index in [0.29, 0.717) is 6.54 Å². The second-order valence-corrected chi connectivity index (χ2v) is 7.14. The van der Waals surface area contributed by atoms with E-state index in [1.165, 1.54) is 0 Å². The summed E-state index contributed by atoms with van der Waals surface area (Å²) in [6.45, 7) is 1.52. The molecule has 1 N–H and O–H groups in total. The minimum atomic E-state index is -0.717. The highest BCUT2D eigenvalue weighted by Gasteiger charge is 2.30. The van der Waals surface area contributed by atoms with Gasteiger partial charge in [-0.1, -0.05) is 28.1 Å². The molecule has 1 saturated heterocycles. The zero-order valence-corrected chi connectivity index (χ0v) is 13.7. The largest absolute Gasteiger partial charge is 0.480 e. The average Bonchev–Trinajstić information content (AvgIpc) is 3.09. The van der Waals surface area contributed by atoms with E-state index in [0.717, 1.165) is 39.3 Å². The third kappa shape index (κ3) is 3.33. The van der Waals surface area contributed by atoms with Crippen LogP contribution in [0.2, 0.25) is 0 Å². The standard InChI is InChI=1S/C15H15BrN2O2S/c16-11-5-3-10(4-6-11)14-17-8-12(21-14)9-18-7-1-2-13(18)15(19)20/h3-6,8,13H,1-2,7,9H2,(H,19,20)/t13-/m0/s1. The molecule has 1 aliphatic rings. The van der Waals surface area contributed by atoms with Gasteiger partial charge < -0.3 is 5.11 Å². The first-order valence-electron chi connectivity index (χ1n) is 6.81. The zero-order valence-electron chi connectivity index (χ0n) is 11.3. The summed E-state index contributed by atoms with van der Waals surface area (Å²) in [5.74, 6) is -0.717. The minimum absolute atomic E-state index is 0.344. The third-order valence-electron chi connectivity index (χ3n) is 3.65. The number of benzene rings is 1. The maximum atomic E-state index is 11.2. The fourth-order valence-corrected chi connectivity index (χ4v) is 3.81. The molecule has 0 spiro atoms. The predicted molar refractivity (Wildman–Crippen MR) is 86.3 cm³/mol. The van der Waals surface area contributed by atoms with Gasteiger partial charge in [0.05, 0.1) is 0 Å². The van der Waals surface area contributed by atoms with Crippen molar-refractivity contribution in [3.8, 4) is 10.6 Å². The summed E-state index contributed by atoms with van der Waals surface area (Å²) in [5, 5.41) is 10.2. The number of hydrogen-bond acceptors (Lipinski definition) is 4. The average molecular weight is 367 g/mol. The summed E-state index contributed by atoms with van der Waals surface area (Å²) in [4.78, 5) is 18.8. The number of carbonyl (C=O) groups is 1. The van der Waals surface area contributed by atoms with Crippen LogP contribution < -0.4 is 0 Å². The van der Waals surface area contributed by atoms with Crippen LogP contribution in [0.15, 0.2) is 34.9 Å². The molecule has 0 aliphatic carbocycles. The van der Waals surface area contributed by atoms with E-state index in [-0.39, 0.29) is 6.04 Å². The van der Waals surface area contributed by atoms with Crippen molar-refractivity contribution in [3.63, 3.8) is 0 Å². The first kappa shape index (κ1) is 14.7. The van der Waals surface area contributed by atoms with Crippen molar-refractivity contribution in [1.29, 1.82) is 0 Å². The SMILES string of the molecule is O=C(O)[C@@H]1CCCN1Cc1cnc(-c2ccc(Br)cc2)s1. The second kappa shape index (κ2) is 6.25. The molecule has 1 aliphatic heterocycles. The van der Waals surface area contributed by atoms with Gasteiger partial charge in [0.25, 0.3) is 0 Å². The quantitative estimate of drug-likeness (QED) is 0.897. The highest BCUT2D eigenvalue weighted by atomic mass is 79.9. The van der Waals surface area contributed by atoms with Crippen LogP contribution in [0, 0.1) is 0 Å². The number of likely N-dealkylation sites (tertiary alicyclic amines) is 1. The van der Waals surface area contributed by atoms with Crippen molar-refractivity contribution in [2.75, 3.05) is 6.54 Å². The van der Waals surface area contributed by atoms with Crippen molar-refractivity contribution < 1.29 is 9.90 Å². The Balaban J connectivity index is 1.73. The van der Waals surface area contributed by atoms with Crippen LogP contribution in [-0.4, -0.2) is 33.5 Å². The lowest BCUT2D eigenvalue weighted by molar-refractivity contribution is -0.142. The molecule has 1 aromatic carbocycles. The molecule has 1 aromatic heterocycles. The molecule has 21 heavy (non-hydrogen) atoms. The molecular formula is C15H15BrN2O2S. The molecule has 1 fully saturated rings. The van der Waals surface area contributed by atoms with Crippen LogP contribution in [0.4, 0.5) is 0 Å². The molecule has 2 aromatic rings. The summed E-state index contributed by atoms with van der Waals surface area (Å²) in [5.41, 5.74) is 1.09. The molecule has 0 radical (unpaired) electrons. The summed E-state index contributed by atoms with van der Waals surface area (Å²) in [7, 11) is 0. The van der Waals surface area contributed by atoms with Crippen LogP contribution in [0.1, 0.15) is 17.7 Å². The maximum Gasteiger partial charge on any atom is 0.320 e. The van der Waals surface area contributed by atoms with Crippen molar-refractivity contribution in [2.45, 2.75) is 25.4 Å².